The number of nitriles is 1. The summed E-state index contributed by atoms with van der Waals surface area (Å²) < 4.78 is 5.12. The van der Waals surface area contributed by atoms with Gasteiger partial charge in [0, 0.05) is 17.4 Å². The van der Waals surface area contributed by atoms with E-state index in [0.717, 1.165) is 0 Å². The number of anilines is 2. The van der Waals surface area contributed by atoms with Gasteiger partial charge in [0.05, 0.1) is 30.6 Å². The minimum Gasteiger partial charge on any atom is -0.497 e. The molecule has 0 aliphatic heterocycles. The Morgan fingerprint density at radius 2 is 1.68 bits per heavy atom. The van der Waals surface area contributed by atoms with Crippen LogP contribution >= 0.6 is 0 Å². The molecule has 2 N–H and O–H groups in total. The molecule has 2 amide bonds. The molecule has 0 spiro atoms. The van der Waals surface area contributed by atoms with Crippen molar-refractivity contribution in [2.75, 3.05) is 17.7 Å². The second kappa shape index (κ2) is 7.05. The maximum atomic E-state index is 12.3. The molecule has 6 nitrogen and oxygen atoms in total. The van der Waals surface area contributed by atoms with Crippen LogP contribution in [0.15, 0.2) is 48.5 Å². The molecule has 2 aromatic carbocycles. The highest BCUT2D eigenvalue weighted by atomic mass is 16.5. The number of carbonyl (C=O) groups excluding carboxylic acids is 2. The predicted molar refractivity (Wildman–Crippen MR) is 93.0 cm³/mol. The molecule has 1 saturated carbocycles. The monoisotopic (exact) mass is 335 g/mol. The van der Waals surface area contributed by atoms with Gasteiger partial charge in [-0.25, -0.2) is 0 Å². The smallest absolute Gasteiger partial charge is 0.228 e. The van der Waals surface area contributed by atoms with Crippen LogP contribution in [0, 0.1) is 23.2 Å². The summed E-state index contributed by atoms with van der Waals surface area (Å²) in [6.45, 7) is 0. The van der Waals surface area contributed by atoms with Crippen molar-refractivity contribution in [2.24, 2.45) is 11.8 Å². The van der Waals surface area contributed by atoms with Gasteiger partial charge in [-0.3, -0.25) is 9.59 Å². The third-order valence-electron chi connectivity index (χ3n) is 4.08. The first kappa shape index (κ1) is 16.5. The van der Waals surface area contributed by atoms with Crippen LogP contribution in [0.2, 0.25) is 0 Å². The topological polar surface area (TPSA) is 91.2 Å². The summed E-state index contributed by atoms with van der Waals surface area (Å²) in [4.78, 5) is 24.5. The first-order valence-electron chi connectivity index (χ1n) is 7.86. The molecular weight excluding hydrogens is 318 g/mol. The highest BCUT2D eigenvalue weighted by Crippen LogP contribution is 2.40. The number of benzene rings is 2. The maximum Gasteiger partial charge on any atom is 0.228 e. The lowest BCUT2D eigenvalue weighted by molar-refractivity contribution is -0.122. The lowest BCUT2D eigenvalue weighted by Gasteiger charge is -2.07. The molecule has 0 heterocycles. The van der Waals surface area contributed by atoms with Crippen LogP contribution in [0.1, 0.15) is 12.0 Å². The van der Waals surface area contributed by atoms with Crippen molar-refractivity contribution in [1.82, 2.24) is 0 Å². The molecule has 1 aliphatic carbocycles. The molecule has 25 heavy (non-hydrogen) atoms. The summed E-state index contributed by atoms with van der Waals surface area (Å²) in [6.07, 6.45) is 0.526. The van der Waals surface area contributed by atoms with Gasteiger partial charge in [-0.05, 0) is 42.8 Å². The van der Waals surface area contributed by atoms with E-state index in [0.29, 0.717) is 29.1 Å². The fourth-order valence-corrected chi connectivity index (χ4v) is 2.57. The Bertz CT molecular complexity index is 840. The largest absolute Gasteiger partial charge is 0.497 e. The van der Waals surface area contributed by atoms with E-state index >= 15 is 0 Å². The van der Waals surface area contributed by atoms with E-state index in [1.807, 2.05) is 6.07 Å². The van der Waals surface area contributed by atoms with Crippen LogP contribution in [-0.4, -0.2) is 18.9 Å². The number of ether oxygens (including phenoxy) is 1. The van der Waals surface area contributed by atoms with Crippen LogP contribution in [0.25, 0.3) is 0 Å². The minimum absolute atomic E-state index is 0.173. The molecule has 3 rings (SSSR count). The van der Waals surface area contributed by atoms with Crippen LogP contribution in [-0.2, 0) is 9.59 Å². The zero-order valence-electron chi connectivity index (χ0n) is 13.7. The van der Waals surface area contributed by atoms with Gasteiger partial charge in [-0.1, -0.05) is 6.07 Å². The molecule has 0 bridgehead atoms. The van der Waals surface area contributed by atoms with Crippen molar-refractivity contribution in [3.8, 4) is 11.8 Å². The standard InChI is InChI=1S/C19H17N3O3/c1-25-15-4-2-3-14(9-15)22-19(24)17-10-16(17)18(23)21-13-7-5-12(11-20)6-8-13/h2-9,16-17H,10H2,1H3,(H,21,23)(H,22,24). The predicted octanol–water partition coefficient (Wildman–Crippen LogP) is 2.78. The van der Waals surface area contributed by atoms with Gasteiger partial charge in [0.15, 0.2) is 0 Å². The molecule has 0 saturated heterocycles. The van der Waals surface area contributed by atoms with E-state index in [-0.39, 0.29) is 23.7 Å². The van der Waals surface area contributed by atoms with Crippen molar-refractivity contribution in [1.29, 1.82) is 5.26 Å². The highest BCUT2D eigenvalue weighted by Gasteiger charge is 2.48. The molecule has 2 atom stereocenters. The van der Waals surface area contributed by atoms with E-state index in [9.17, 15) is 9.59 Å². The molecule has 6 heteroatoms. The van der Waals surface area contributed by atoms with Gasteiger partial charge >= 0.3 is 0 Å². The Hall–Kier alpha value is -3.33. The van der Waals surface area contributed by atoms with Gasteiger partial charge in [-0.15, -0.1) is 0 Å². The van der Waals surface area contributed by atoms with Gasteiger partial charge in [0.25, 0.3) is 0 Å². The summed E-state index contributed by atoms with van der Waals surface area (Å²) >= 11 is 0. The van der Waals surface area contributed by atoms with Crippen molar-refractivity contribution >= 4 is 23.2 Å². The highest BCUT2D eigenvalue weighted by molar-refractivity contribution is 6.03. The van der Waals surface area contributed by atoms with Crippen molar-refractivity contribution < 1.29 is 14.3 Å². The van der Waals surface area contributed by atoms with Crippen molar-refractivity contribution in [2.45, 2.75) is 6.42 Å². The van der Waals surface area contributed by atoms with E-state index < -0.39 is 0 Å². The number of methoxy groups -OCH3 is 1. The summed E-state index contributed by atoms with van der Waals surface area (Å²) in [6, 6.07) is 15.7. The number of nitrogens with zero attached hydrogens (tertiary/aromatic N) is 1. The van der Waals surface area contributed by atoms with Crippen LogP contribution < -0.4 is 15.4 Å². The minimum atomic E-state index is -0.332. The van der Waals surface area contributed by atoms with E-state index in [2.05, 4.69) is 10.6 Å². The Morgan fingerprint density at radius 1 is 1.04 bits per heavy atom. The van der Waals surface area contributed by atoms with Gasteiger partial charge in [0.2, 0.25) is 11.8 Å². The van der Waals surface area contributed by atoms with Crippen LogP contribution in [0.3, 0.4) is 0 Å². The Morgan fingerprint density at radius 3 is 2.28 bits per heavy atom. The first-order chi connectivity index (χ1) is 12.1. The van der Waals surface area contributed by atoms with Crippen LogP contribution in [0.4, 0.5) is 11.4 Å². The summed E-state index contributed by atoms with van der Waals surface area (Å²) in [5.41, 5.74) is 1.78. The second-order valence-electron chi connectivity index (χ2n) is 5.85. The number of hydrogen-bond acceptors (Lipinski definition) is 4. The molecule has 126 valence electrons. The van der Waals surface area contributed by atoms with E-state index in [4.69, 9.17) is 10.00 Å². The zero-order chi connectivity index (χ0) is 17.8. The molecule has 1 aliphatic rings. The second-order valence-corrected chi connectivity index (χ2v) is 5.85. The number of carbonyl (C=O) groups is 2. The number of nitrogens with one attached hydrogen (secondary N) is 2. The fraction of sp³-hybridized carbons (Fsp3) is 0.211. The van der Waals surface area contributed by atoms with Gasteiger partial charge < -0.3 is 15.4 Å². The third kappa shape index (κ3) is 3.96. The number of amides is 2. The molecule has 0 aromatic heterocycles. The fourth-order valence-electron chi connectivity index (χ4n) is 2.57. The Kier molecular flexibility index (Phi) is 4.66. The van der Waals surface area contributed by atoms with E-state index in [1.54, 1.807) is 55.6 Å². The lowest BCUT2D eigenvalue weighted by Crippen LogP contribution is -2.20. The van der Waals surface area contributed by atoms with Gasteiger partial charge in [0.1, 0.15) is 5.75 Å². The summed E-state index contributed by atoms with van der Waals surface area (Å²) in [5.74, 6) is -0.363. The maximum absolute atomic E-state index is 12.3. The normalized spacial score (nSPS) is 17.9. The zero-order valence-corrected chi connectivity index (χ0v) is 13.7. The molecule has 0 radical (unpaired) electrons. The van der Waals surface area contributed by atoms with Crippen molar-refractivity contribution in [3.63, 3.8) is 0 Å². The van der Waals surface area contributed by atoms with Gasteiger partial charge in [-0.2, -0.15) is 5.26 Å². The van der Waals surface area contributed by atoms with E-state index in [1.165, 1.54) is 0 Å². The first-order valence-corrected chi connectivity index (χ1v) is 7.86. The summed E-state index contributed by atoms with van der Waals surface area (Å²) in [5, 5.41) is 14.3. The average Bonchev–Trinajstić information content (AvgIpc) is 3.43. The molecular formula is C19H17N3O3. The Balaban J connectivity index is 1.54. The lowest BCUT2D eigenvalue weighted by atomic mass is 10.2. The average molecular weight is 335 g/mol. The molecule has 2 aromatic rings. The SMILES string of the molecule is COc1cccc(NC(=O)C2CC2C(=O)Nc2ccc(C#N)cc2)c1. The molecule has 1 fully saturated rings. The number of rotatable bonds is 5. The number of hydrogen-bond donors (Lipinski definition) is 2. The Labute approximate surface area is 145 Å². The van der Waals surface area contributed by atoms with Crippen LogP contribution in [0.5, 0.6) is 5.75 Å². The summed E-state index contributed by atoms with van der Waals surface area (Å²) in [7, 11) is 1.56. The van der Waals surface area contributed by atoms with Crippen molar-refractivity contribution in [3.05, 3.63) is 54.1 Å². The third-order valence-corrected chi connectivity index (χ3v) is 4.08. The quantitative estimate of drug-likeness (QED) is 0.879. The molecule has 2 unspecified atom stereocenters.